The molecule has 0 saturated carbocycles. The molecule has 1 heterocycles. The average molecular weight is 416 g/mol. The lowest BCUT2D eigenvalue weighted by Crippen LogP contribution is -2.33. The molecule has 5 heteroatoms. The van der Waals surface area contributed by atoms with Crippen molar-refractivity contribution in [3.8, 4) is 0 Å². The molecule has 4 aromatic rings. The van der Waals surface area contributed by atoms with E-state index in [1.54, 1.807) is 0 Å². The minimum Gasteiger partial charge on any atom is -0.337 e. The van der Waals surface area contributed by atoms with Gasteiger partial charge in [-0.25, -0.2) is 4.98 Å². The second-order valence-corrected chi connectivity index (χ2v) is 8.35. The third kappa shape index (κ3) is 5.30. The zero-order chi connectivity index (χ0) is 20.8. The first-order valence-corrected chi connectivity index (χ1v) is 11.1. The Morgan fingerprint density at radius 3 is 2.40 bits per heavy atom. The summed E-state index contributed by atoms with van der Waals surface area (Å²) in [4.78, 5) is 22.9. The number of fused-ring (bicyclic) bond motifs is 1. The monoisotopic (exact) mass is 415 g/mol. The van der Waals surface area contributed by atoms with E-state index in [2.05, 4.69) is 47.2 Å². The minimum absolute atomic E-state index is 0.122. The van der Waals surface area contributed by atoms with Crippen LogP contribution in [0.25, 0.3) is 11.0 Å². The van der Waals surface area contributed by atoms with Crippen LogP contribution in [0, 0.1) is 6.92 Å². The van der Waals surface area contributed by atoms with Gasteiger partial charge in [-0.05, 0) is 42.2 Å². The van der Waals surface area contributed by atoms with Crippen LogP contribution in [0.5, 0.6) is 0 Å². The number of hydrogen-bond acceptors (Lipinski definition) is 3. The summed E-state index contributed by atoms with van der Waals surface area (Å²) in [6.07, 6.45) is 0.841. The van der Waals surface area contributed by atoms with Crippen LogP contribution in [0.1, 0.15) is 16.7 Å². The van der Waals surface area contributed by atoms with Crippen LogP contribution in [0.15, 0.2) is 84.0 Å². The predicted molar refractivity (Wildman–Crippen MR) is 124 cm³/mol. The number of benzene rings is 3. The number of carbonyl (C=O) groups excluding carboxylic acids is 1. The van der Waals surface area contributed by atoms with Crippen LogP contribution in [-0.2, 0) is 17.8 Å². The summed E-state index contributed by atoms with van der Waals surface area (Å²) in [5.74, 6) is 0.483. The van der Waals surface area contributed by atoms with Crippen molar-refractivity contribution in [2.24, 2.45) is 0 Å². The Morgan fingerprint density at radius 1 is 0.967 bits per heavy atom. The summed E-state index contributed by atoms with van der Waals surface area (Å²) < 4.78 is 0. The Bertz CT molecular complexity index is 1110. The smallest absolute Gasteiger partial charge is 0.233 e. The fourth-order valence-electron chi connectivity index (χ4n) is 3.39. The fraction of sp³-hybridized carbons (Fsp3) is 0.200. The molecule has 0 unspecified atom stereocenters. The number of aryl methyl sites for hydroxylation is 1. The standard InChI is InChI=1S/C25H25N3OS/c1-19-12-13-22-23(16-19)27-25(26-22)30-18-24(29)28(17-21-10-6-3-7-11-21)15-14-20-8-4-2-5-9-20/h2-13,16H,14-15,17-18H2,1H3,(H,26,27). The third-order valence-electron chi connectivity index (χ3n) is 5.03. The molecule has 152 valence electrons. The summed E-state index contributed by atoms with van der Waals surface area (Å²) in [5, 5.41) is 0.784. The molecule has 4 nitrogen and oxygen atoms in total. The van der Waals surface area contributed by atoms with Gasteiger partial charge in [0.25, 0.3) is 0 Å². The van der Waals surface area contributed by atoms with Crippen molar-refractivity contribution in [3.05, 3.63) is 95.6 Å². The number of aromatic nitrogens is 2. The van der Waals surface area contributed by atoms with Gasteiger partial charge in [0.2, 0.25) is 5.91 Å². The third-order valence-corrected chi connectivity index (χ3v) is 5.89. The highest BCUT2D eigenvalue weighted by atomic mass is 32.2. The van der Waals surface area contributed by atoms with Crippen molar-refractivity contribution in [3.63, 3.8) is 0 Å². The quantitative estimate of drug-likeness (QED) is 0.401. The first-order chi connectivity index (χ1) is 14.7. The molecule has 0 spiro atoms. The van der Waals surface area contributed by atoms with E-state index >= 15 is 0 Å². The van der Waals surface area contributed by atoms with Gasteiger partial charge < -0.3 is 9.88 Å². The summed E-state index contributed by atoms with van der Waals surface area (Å²) in [7, 11) is 0. The van der Waals surface area contributed by atoms with E-state index in [0.29, 0.717) is 18.8 Å². The summed E-state index contributed by atoms with van der Waals surface area (Å²) >= 11 is 1.46. The fourth-order valence-corrected chi connectivity index (χ4v) is 4.18. The normalized spacial score (nSPS) is 11.0. The number of amides is 1. The van der Waals surface area contributed by atoms with E-state index in [4.69, 9.17) is 0 Å². The lowest BCUT2D eigenvalue weighted by Gasteiger charge is -2.23. The first-order valence-electron chi connectivity index (χ1n) is 10.1. The van der Waals surface area contributed by atoms with Gasteiger partial charge in [-0.2, -0.15) is 0 Å². The van der Waals surface area contributed by atoms with Crippen LogP contribution in [-0.4, -0.2) is 33.1 Å². The number of carbonyl (C=O) groups is 1. The molecule has 0 aliphatic carbocycles. The number of imidazole rings is 1. The number of nitrogens with one attached hydrogen (secondary N) is 1. The number of thioether (sulfide) groups is 1. The molecular weight excluding hydrogens is 390 g/mol. The highest BCUT2D eigenvalue weighted by Gasteiger charge is 2.16. The van der Waals surface area contributed by atoms with Gasteiger partial charge in [0.05, 0.1) is 16.8 Å². The molecule has 1 N–H and O–H groups in total. The Hall–Kier alpha value is -3.05. The maximum Gasteiger partial charge on any atom is 0.233 e. The van der Waals surface area contributed by atoms with Crippen LogP contribution >= 0.6 is 11.8 Å². The van der Waals surface area contributed by atoms with Crippen LogP contribution in [0.2, 0.25) is 0 Å². The predicted octanol–water partition coefficient (Wildman–Crippen LogP) is 5.23. The number of hydrogen-bond donors (Lipinski definition) is 1. The minimum atomic E-state index is 0.122. The van der Waals surface area contributed by atoms with Crippen molar-refractivity contribution >= 4 is 28.7 Å². The lowest BCUT2D eigenvalue weighted by atomic mass is 10.1. The van der Waals surface area contributed by atoms with E-state index in [-0.39, 0.29) is 5.91 Å². The van der Waals surface area contributed by atoms with Gasteiger partial charge in [-0.15, -0.1) is 0 Å². The molecule has 3 aromatic carbocycles. The second kappa shape index (κ2) is 9.63. The second-order valence-electron chi connectivity index (χ2n) is 7.39. The summed E-state index contributed by atoms with van der Waals surface area (Å²) in [6, 6.07) is 26.6. The Balaban J connectivity index is 1.43. The van der Waals surface area contributed by atoms with Gasteiger partial charge in [0.1, 0.15) is 0 Å². The summed E-state index contributed by atoms with van der Waals surface area (Å²) in [5.41, 5.74) is 5.51. The van der Waals surface area contributed by atoms with Gasteiger partial charge in [-0.1, -0.05) is 78.5 Å². The average Bonchev–Trinajstić information content (AvgIpc) is 3.18. The maximum absolute atomic E-state index is 13.1. The van der Waals surface area contributed by atoms with Gasteiger partial charge in [-0.3, -0.25) is 4.79 Å². The SMILES string of the molecule is Cc1ccc2nc(SCC(=O)N(CCc3ccccc3)Cc3ccccc3)[nH]c2c1. The Kier molecular flexibility index (Phi) is 6.50. The van der Waals surface area contributed by atoms with Gasteiger partial charge in [0.15, 0.2) is 5.16 Å². The van der Waals surface area contributed by atoms with Crippen molar-refractivity contribution in [1.82, 2.24) is 14.9 Å². The molecule has 4 rings (SSSR count). The molecule has 0 aliphatic heterocycles. The van der Waals surface area contributed by atoms with Crippen molar-refractivity contribution in [1.29, 1.82) is 0 Å². The van der Waals surface area contributed by atoms with E-state index < -0.39 is 0 Å². The molecule has 1 aromatic heterocycles. The number of nitrogens with zero attached hydrogens (tertiary/aromatic N) is 2. The van der Waals surface area contributed by atoms with Crippen molar-refractivity contribution in [2.75, 3.05) is 12.3 Å². The van der Waals surface area contributed by atoms with Crippen molar-refractivity contribution in [2.45, 2.75) is 25.0 Å². The molecule has 0 fully saturated rings. The van der Waals surface area contributed by atoms with Crippen LogP contribution < -0.4 is 0 Å². The van der Waals surface area contributed by atoms with E-state index in [1.165, 1.54) is 22.9 Å². The zero-order valence-electron chi connectivity index (χ0n) is 17.0. The highest BCUT2D eigenvalue weighted by molar-refractivity contribution is 7.99. The molecule has 0 atom stereocenters. The molecule has 0 radical (unpaired) electrons. The number of aromatic amines is 1. The van der Waals surface area contributed by atoms with Gasteiger partial charge >= 0.3 is 0 Å². The molecule has 0 aliphatic rings. The largest absolute Gasteiger partial charge is 0.337 e. The topological polar surface area (TPSA) is 49.0 Å². The summed E-state index contributed by atoms with van der Waals surface area (Å²) in [6.45, 7) is 3.37. The van der Waals surface area contributed by atoms with Crippen LogP contribution in [0.3, 0.4) is 0 Å². The Morgan fingerprint density at radius 2 is 1.67 bits per heavy atom. The first kappa shape index (κ1) is 20.2. The Labute approximate surface area is 181 Å². The van der Waals surface area contributed by atoms with E-state index in [9.17, 15) is 4.79 Å². The van der Waals surface area contributed by atoms with E-state index in [1.807, 2.05) is 53.4 Å². The molecule has 0 bridgehead atoms. The zero-order valence-corrected chi connectivity index (χ0v) is 17.9. The van der Waals surface area contributed by atoms with Crippen LogP contribution in [0.4, 0.5) is 0 Å². The van der Waals surface area contributed by atoms with E-state index in [0.717, 1.165) is 28.2 Å². The maximum atomic E-state index is 13.1. The number of H-pyrrole nitrogens is 1. The molecule has 1 amide bonds. The molecule has 0 saturated heterocycles. The van der Waals surface area contributed by atoms with Gasteiger partial charge in [0, 0.05) is 13.1 Å². The van der Waals surface area contributed by atoms with Crippen molar-refractivity contribution < 1.29 is 4.79 Å². The number of rotatable bonds is 8. The highest BCUT2D eigenvalue weighted by Crippen LogP contribution is 2.21. The molecular formula is C25H25N3OS. The molecule has 30 heavy (non-hydrogen) atoms. The lowest BCUT2D eigenvalue weighted by molar-refractivity contribution is -0.128.